The van der Waals surface area contributed by atoms with Gasteiger partial charge < -0.3 is 9.84 Å². The van der Waals surface area contributed by atoms with Crippen molar-refractivity contribution in [3.8, 4) is 11.4 Å². The lowest BCUT2D eigenvalue weighted by Gasteiger charge is -2.14. The maximum atomic E-state index is 9.46. The molecule has 114 valence electrons. The van der Waals surface area contributed by atoms with E-state index < -0.39 is 0 Å². The third-order valence-corrected chi connectivity index (χ3v) is 3.15. The molecule has 2 aromatic rings. The van der Waals surface area contributed by atoms with E-state index in [1.807, 2.05) is 24.3 Å². The van der Waals surface area contributed by atoms with E-state index in [0.29, 0.717) is 18.2 Å². The summed E-state index contributed by atoms with van der Waals surface area (Å²) in [5.41, 5.74) is 2.45. The van der Waals surface area contributed by atoms with Gasteiger partial charge in [0, 0.05) is 0 Å². The minimum absolute atomic E-state index is 0.0972. The van der Waals surface area contributed by atoms with Crippen LogP contribution in [0.2, 0.25) is 0 Å². The molecular weight excluding hydrogens is 266 g/mol. The molecule has 5 heteroatoms. The number of benzene rings is 1. The van der Waals surface area contributed by atoms with Gasteiger partial charge in [0.2, 0.25) is 0 Å². The number of aromatic nitrogens is 3. The average molecular weight is 289 g/mol. The fourth-order valence-corrected chi connectivity index (χ4v) is 2.21. The molecule has 5 nitrogen and oxygen atoms in total. The highest BCUT2D eigenvalue weighted by atomic mass is 16.5. The summed E-state index contributed by atoms with van der Waals surface area (Å²) in [6.07, 6.45) is 1.76. The van der Waals surface area contributed by atoms with Gasteiger partial charge in [0.25, 0.3) is 0 Å². The topological polar surface area (TPSA) is 60.2 Å². The lowest BCUT2D eigenvalue weighted by atomic mass is 10.1. The predicted molar refractivity (Wildman–Crippen MR) is 81.6 cm³/mol. The molecule has 0 unspecified atom stereocenters. The van der Waals surface area contributed by atoms with E-state index in [-0.39, 0.29) is 6.61 Å². The van der Waals surface area contributed by atoms with Gasteiger partial charge in [0.15, 0.2) is 0 Å². The first kappa shape index (κ1) is 15.5. The second kappa shape index (κ2) is 7.22. The first-order chi connectivity index (χ1) is 10.2. The van der Waals surface area contributed by atoms with Gasteiger partial charge >= 0.3 is 0 Å². The summed E-state index contributed by atoms with van der Waals surface area (Å²) in [6, 6.07) is 7.79. The van der Waals surface area contributed by atoms with Crippen LogP contribution in [-0.2, 0) is 13.0 Å². The van der Waals surface area contributed by atoms with Crippen LogP contribution in [0.4, 0.5) is 0 Å². The van der Waals surface area contributed by atoms with E-state index in [9.17, 15) is 5.11 Å². The van der Waals surface area contributed by atoms with Gasteiger partial charge in [-0.05, 0) is 30.9 Å². The van der Waals surface area contributed by atoms with Crippen molar-refractivity contribution in [1.29, 1.82) is 0 Å². The summed E-state index contributed by atoms with van der Waals surface area (Å²) in [5.74, 6) is 1.25. The molecule has 0 aliphatic heterocycles. The monoisotopic (exact) mass is 289 g/mol. The largest absolute Gasteiger partial charge is 0.491 e. The third-order valence-electron chi connectivity index (χ3n) is 3.15. The lowest BCUT2D eigenvalue weighted by molar-refractivity contribution is 0.275. The molecule has 0 spiro atoms. The van der Waals surface area contributed by atoms with Crippen LogP contribution in [0.1, 0.15) is 38.6 Å². The van der Waals surface area contributed by atoms with Crippen LogP contribution in [0, 0.1) is 5.92 Å². The molecule has 0 aliphatic carbocycles. The van der Waals surface area contributed by atoms with E-state index in [0.717, 1.165) is 30.0 Å². The third kappa shape index (κ3) is 3.61. The number of aliphatic hydroxyl groups is 1. The Kier molecular flexibility index (Phi) is 5.33. The summed E-state index contributed by atoms with van der Waals surface area (Å²) < 4.78 is 7.58. The summed E-state index contributed by atoms with van der Waals surface area (Å²) in [6.45, 7) is 6.92. The molecule has 1 N–H and O–H groups in total. The van der Waals surface area contributed by atoms with Crippen molar-refractivity contribution in [3.63, 3.8) is 0 Å². The molecule has 1 aromatic heterocycles. The predicted octanol–water partition coefficient (Wildman–Crippen LogP) is 2.75. The van der Waals surface area contributed by atoms with Crippen LogP contribution in [0.5, 0.6) is 5.75 Å². The molecule has 0 saturated carbocycles. The molecule has 1 aromatic carbocycles. The zero-order chi connectivity index (χ0) is 15.2. The van der Waals surface area contributed by atoms with E-state index >= 15 is 0 Å². The molecular formula is C16H23N3O2. The highest BCUT2D eigenvalue weighted by Crippen LogP contribution is 2.25. The smallest absolute Gasteiger partial charge is 0.145 e. The summed E-state index contributed by atoms with van der Waals surface area (Å²) in [5, 5.41) is 17.8. The van der Waals surface area contributed by atoms with Crippen LogP contribution in [0.3, 0.4) is 0 Å². The van der Waals surface area contributed by atoms with Gasteiger partial charge in [0.05, 0.1) is 18.9 Å². The molecule has 2 rings (SSSR count). The van der Waals surface area contributed by atoms with Crippen molar-refractivity contribution in [1.82, 2.24) is 15.0 Å². The lowest BCUT2D eigenvalue weighted by Crippen LogP contribution is -2.09. The fraction of sp³-hybridized carbons (Fsp3) is 0.500. The van der Waals surface area contributed by atoms with E-state index in [1.165, 1.54) is 0 Å². The maximum absolute atomic E-state index is 9.46. The van der Waals surface area contributed by atoms with Crippen molar-refractivity contribution in [2.24, 2.45) is 5.92 Å². The minimum Gasteiger partial charge on any atom is -0.491 e. The Hall–Kier alpha value is -1.88. The zero-order valence-electron chi connectivity index (χ0n) is 12.9. The molecule has 0 bridgehead atoms. The number of hydrogen-bond donors (Lipinski definition) is 1. The standard InChI is InChI=1S/C16H23N3O2/c1-4-9-21-16-8-6-5-7-14(16)19-15(10-12(2)3)13(11-20)17-18-19/h5-8,12,20H,4,9-11H2,1-3H3. The second-order valence-electron chi connectivity index (χ2n) is 5.47. The van der Waals surface area contributed by atoms with Gasteiger partial charge in [-0.1, -0.05) is 38.1 Å². The van der Waals surface area contributed by atoms with Crippen molar-refractivity contribution in [3.05, 3.63) is 35.7 Å². The number of rotatable bonds is 7. The Morgan fingerprint density at radius 2 is 2.05 bits per heavy atom. The van der Waals surface area contributed by atoms with Crippen LogP contribution in [0.15, 0.2) is 24.3 Å². The Morgan fingerprint density at radius 3 is 2.71 bits per heavy atom. The molecule has 0 saturated heterocycles. The first-order valence-corrected chi connectivity index (χ1v) is 7.43. The van der Waals surface area contributed by atoms with Crippen LogP contribution in [-0.4, -0.2) is 26.7 Å². The summed E-state index contributed by atoms with van der Waals surface area (Å²) in [7, 11) is 0. The van der Waals surface area contributed by atoms with Crippen LogP contribution < -0.4 is 4.74 Å². The number of nitrogens with zero attached hydrogens (tertiary/aromatic N) is 3. The fourth-order valence-electron chi connectivity index (χ4n) is 2.21. The maximum Gasteiger partial charge on any atom is 0.145 e. The quantitative estimate of drug-likeness (QED) is 0.851. The minimum atomic E-state index is -0.0972. The van der Waals surface area contributed by atoms with E-state index in [4.69, 9.17) is 4.74 Å². The average Bonchev–Trinajstić information content (AvgIpc) is 2.87. The first-order valence-electron chi connectivity index (χ1n) is 7.43. The highest BCUT2D eigenvalue weighted by Gasteiger charge is 2.17. The Bertz CT molecular complexity index is 579. The molecule has 0 aliphatic rings. The highest BCUT2D eigenvalue weighted by molar-refractivity contribution is 5.47. The van der Waals surface area contributed by atoms with Gasteiger partial charge in [-0.3, -0.25) is 0 Å². The number of hydrogen-bond acceptors (Lipinski definition) is 4. The Labute approximate surface area is 125 Å². The number of ether oxygens (including phenoxy) is 1. The summed E-state index contributed by atoms with van der Waals surface area (Å²) >= 11 is 0. The molecule has 0 radical (unpaired) electrons. The van der Waals surface area contributed by atoms with Crippen LogP contribution in [0.25, 0.3) is 5.69 Å². The van der Waals surface area contributed by atoms with Crippen molar-refractivity contribution >= 4 is 0 Å². The van der Waals surface area contributed by atoms with Crippen molar-refractivity contribution in [2.45, 2.75) is 40.2 Å². The molecule has 21 heavy (non-hydrogen) atoms. The Morgan fingerprint density at radius 1 is 1.29 bits per heavy atom. The second-order valence-corrected chi connectivity index (χ2v) is 5.47. The van der Waals surface area contributed by atoms with E-state index in [2.05, 4.69) is 31.1 Å². The molecule has 0 fully saturated rings. The Balaban J connectivity index is 2.44. The van der Waals surface area contributed by atoms with Gasteiger partial charge in [-0.2, -0.15) is 0 Å². The zero-order valence-corrected chi connectivity index (χ0v) is 12.9. The van der Waals surface area contributed by atoms with Crippen molar-refractivity contribution < 1.29 is 9.84 Å². The van der Waals surface area contributed by atoms with E-state index in [1.54, 1.807) is 4.68 Å². The number of aliphatic hydroxyl groups excluding tert-OH is 1. The SMILES string of the molecule is CCCOc1ccccc1-n1nnc(CO)c1CC(C)C. The molecule has 1 heterocycles. The van der Waals surface area contributed by atoms with Crippen LogP contribution >= 0.6 is 0 Å². The molecule has 0 atom stereocenters. The van der Waals surface area contributed by atoms with Gasteiger partial charge in [-0.25, -0.2) is 4.68 Å². The van der Waals surface area contributed by atoms with Gasteiger partial charge in [-0.15, -0.1) is 5.10 Å². The molecule has 0 amide bonds. The normalized spacial score (nSPS) is 11.1. The van der Waals surface area contributed by atoms with Crippen molar-refractivity contribution in [2.75, 3.05) is 6.61 Å². The summed E-state index contributed by atoms with van der Waals surface area (Å²) in [4.78, 5) is 0. The number of para-hydroxylation sites is 2. The van der Waals surface area contributed by atoms with Gasteiger partial charge in [0.1, 0.15) is 17.1 Å².